The van der Waals surface area contributed by atoms with Crippen molar-refractivity contribution in [1.82, 2.24) is 0 Å². The monoisotopic (exact) mass is 170 g/mol. The van der Waals surface area contributed by atoms with Crippen LogP contribution in [0.1, 0.15) is 0 Å². The lowest BCUT2D eigenvalue weighted by molar-refractivity contribution is 1.47. The lowest BCUT2D eigenvalue weighted by Gasteiger charge is -1.92. The molecule has 0 aliphatic carbocycles. The second kappa shape index (κ2) is 4.86. The SMILES string of the molecule is N=C=N.c1ccc2ccccc2c1. The zero-order valence-corrected chi connectivity index (χ0v) is 7.12. The van der Waals surface area contributed by atoms with E-state index in [4.69, 9.17) is 10.8 Å². The Morgan fingerprint density at radius 3 is 1.15 bits per heavy atom. The summed E-state index contributed by atoms with van der Waals surface area (Å²) in [5, 5.41) is 13.9. The third-order valence-corrected chi connectivity index (χ3v) is 1.66. The first-order chi connectivity index (χ1) is 6.38. The summed E-state index contributed by atoms with van der Waals surface area (Å²) < 4.78 is 0. The van der Waals surface area contributed by atoms with Crippen LogP contribution in [0.5, 0.6) is 0 Å². The van der Waals surface area contributed by atoms with Crippen molar-refractivity contribution < 1.29 is 0 Å². The van der Waals surface area contributed by atoms with Crippen molar-refractivity contribution >= 4 is 16.8 Å². The van der Waals surface area contributed by atoms with E-state index >= 15 is 0 Å². The van der Waals surface area contributed by atoms with Gasteiger partial charge in [0, 0.05) is 0 Å². The van der Waals surface area contributed by atoms with Crippen LogP contribution in [0.15, 0.2) is 48.5 Å². The van der Waals surface area contributed by atoms with Gasteiger partial charge in [-0.2, -0.15) is 0 Å². The zero-order chi connectivity index (χ0) is 9.52. The molecule has 2 N–H and O–H groups in total. The Morgan fingerprint density at radius 2 is 0.923 bits per heavy atom. The van der Waals surface area contributed by atoms with Crippen LogP contribution in [0.2, 0.25) is 0 Å². The molecule has 0 aromatic heterocycles. The molecular weight excluding hydrogens is 160 g/mol. The second-order valence-electron chi connectivity index (χ2n) is 2.47. The van der Waals surface area contributed by atoms with Gasteiger partial charge in [0.05, 0.1) is 6.01 Å². The third kappa shape index (κ3) is 2.55. The summed E-state index contributed by atoms with van der Waals surface area (Å²) in [5.74, 6) is 0. The highest BCUT2D eigenvalue weighted by atomic mass is 14.4. The highest BCUT2D eigenvalue weighted by Crippen LogP contribution is 2.11. The first-order valence-corrected chi connectivity index (χ1v) is 3.90. The Labute approximate surface area is 76.9 Å². The van der Waals surface area contributed by atoms with Gasteiger partial charge in [-0.3, -0.25) is 0 Å². The number of rotatable bonds is 0. The van der Waals surface area contributed by atoms with E-state index in [0.29, 0.717) is 0 Å². The molecule has 0 radical (unpaired) electrons. The number of benzene rings is 2. The standard InChI is InChI=1S/C10H8.CH2N2/c1-2-6-10-8-4-3-7-9(10)5-1;2-1-3/h1-8H;2-3H. The summed E-state index contributed by atoms with van der Waals surface area (Å²) in [5.41, 5.74) is 0. The zero-order valence-electron chi connectivity index (χ0n) is 7.12. The van der Waals surface area contributed by atoms with Crippen LogP contribution in [0.4, 0.5) is 0 Å². The number of hydrogen-bond donors (Lipinski definition) is 2. The third-order valence-electron chi connectivity index (χ3n) is 1.66. The predicted molar refractivity (Wildman–Crippen MR) is 54.4 cm³/mol. The number of fused-ring (bicyclic) bond motifs is 1. The average molecular weight is 170 g/mol. The minimum absolute atomic E-state index is 1.25. The molecule has 0 saturated carbocycles. The highest BCUT2D eigenvalue weighted by Gasteiger charge is 1.85. The molecule has 0 bridgehead atoms. The Bertz CT molecular complexity index is 350. The molecule has 2 aromatic carbocycles. The quantitative estimate of drug-likeness (QED) is 0.570. The maximum atomic E-state index is 5.62. The Hall–Kier alpha value is -1.92. The summed E-state index contributed by atoms with van der Waals surface area (Å²) in [7, 11) is 0. The van der Waals surface area contributed by atoms with E-state index < -0.39 is 0 Å². The molecule has 0 aliphatic rings. The molecule has 0 atom stereocenters. The molecule has 0 saturated heterocycles. The molecule has 0 aliphatic heterocycles. The van der Waals surface area contributed by atoms with Crippen molar-refractivity contribution in [2.75, 3.05) is 0 Å². The van der Waals surface area contributed by atoms with Crippen molar-refractivity contribution in [3.05, 3.63) is 48.5 Å². The van der Waals surface area contributed by atoms with Crippen molar-refractivity contribution in [3.63, 3.8) is 0 Å². The van der Waals surface area contributed by atoms with E-state index in [1.54, 1.807) is 0 Å². The van der Waals surface area contributed by atoms with E-state index in [1.165, 1.54) is 16.8 Å². The maximum absolute atomic E-state index is 5.62. The van der Waals surface area contributed by atoms with Gasteiger partial charge in [0.25, 0.3) is 0 Å². The second-order valence-corrected chi connectivity index (χ2v) is 2.47. The van der Waals surface area contributed by atoms with Crippen molar-refractivity contribution in [1.29, 1.82) is 10.8 Å². The first-order valence-electron chi connectivity index (χ1n) is 3.90. The highest BCUT2D eigenvalue weighted by molar-refractivity contribution is 5.81. The smallest absolute Gasteiger partial charge is 0.0831 e. The van der Waals surface area contributed by atoms with E-state index in [2.05, 4.69) is 48.5 Å². The van der Waals surface area contributed by atoms with Gasteiger partial charge in [0.1, 0.15) is 0 Å². The lowest BCUT2D eigenvalue weighted by atomic mass is 10.1. The molecular formula is C11H10N2. The largest absolute Gasteiger partial charge is 0.242 e. The molecule has 2 aromatic rings. The van der Waals surface area contributed by atoms with Crippen LogP contribution in [0.3, 0.4) is 0 Å². The van der Waals surface area contributed by atoms with Gasteiger partial charge in [-0.1, -0.05) is 48.5 Å². The van der Waals surface area contributed by atoms with Crippen molar-refractivity contribution in [3.8, 4) is 0 Å². The molecule has 0 fully saturated rings. The summed E-state index contributed by atoms with van der Waals surface area (Å²) in [6.07, 6.45) is 0. The molecule has 64 valence electrons. The van der Waals surface area contributed by atoms with Crippen LogP contribution in [-0.2, 0) is 0 Å². The molecule has 13 heavy (non-hydrogen) atoms. The predicted octanol–water partition coefficient (Wildman–Crippen LogP) is 3.16. The van der Waals surface area contributed by atoms with Gasteiger partial charge in [-0.15, -0.1) is 0 Å². The van der Waals surface area contributed by atoms with Gasteiger partial charge in [-0.25, -0.2) is 10.8 Å². The maximum Gasteiger partial charge on any atom is 0.0831 e. The van der Waals surface area contributed by atoms with Gasteiger partial charge in [0.2, 0.25) is 0 Å². The normalized spacial score (nSPS) is 8.31. The van der Waals surface area contributed by atoms with E-state index in [-0.39, 0.29) is 0 Å². The molecule has 0 spiro atoms. The Morgan fingerprint density at radius 1 is 0.692 bits per heavy atom. The van der Waals surface area contributed by atoms with Gasteiger partial charge in [-0.05, 0) is 10.8 Å². The lowest BCUT2D eigenvalue weighted by Crippen LogP contribution is -1.67. The molecule has 2 nitrogen and oxygen atoms in total. The summed E-state index contributed by atoms with van der Waals surface area (Å²) >= 11 is 0. The molecule has 0 amide bonds. The van der Waals surface area contributed by atoms with Crippen molar-refractivity contribution in [2.24, 2.45) is 0 Å². The van der Waals surface area contributed by atoms with Gasteiger partial charge < -0.3 is 0 Å². The van der Waals surface area contributed by atoms with Crippen LogP contribution in [0.25, 0.3) is 10.8 Å². The average Bonchev–Trinajstić information content (AvgIpc) is 2.19. The van der Waals surface area contributed by atoms with Crippen LogP contribution >= 0.6 is 0 Å². The minimum atomic E-state index is 1.25. The van der Waals surface area contributed by atoms with Crippen LogP contribution in [-0.4, -0.2) is 6.01 Å². The minimum Gasteiger partial charge on any atom is -0.242 e. The van der Waals surface area contributed by atoms with Crippen LogP contribution in [0, 0.1) is 10.8 Å². The van der Waals surface area contributed by atoms with Crippen molar-refractivity contribution in [2.45, 2.75) is 0 Å². The summed E-state index contributed by atoms with van der Waals surface area (Å²) in [4.78, 5) is 0. The molecule has 0 unspecified atom stereocenters. The van der Waals surface area contributed by atoms with E-state index in [0.717, 1.165) is 0 Å². The van der Waals surface area contributed by atoms with Crippen LogP contribution < -0.4 is 0 Å². The van der Waals surface area contributed by atoms with E-state index in [1.807, 2.05) is 0 Å². The van der Waals surface area contributed by atoms with Gasteiger partial charge >= 0.3 is 0 Å². The fraction of sp³-hybridized carbons (Fsp3) is 0. The summed E-state index contributed by atoms with van der Waals surface area (Å²) in [6.45, 7) is 0. The molecule has 2 rings (SSSR count). The Balaban J connectivity index is 0.000000251. The van der Waals surface area contributed by atoms with E-state index in [9.17, 15) is 0 Å². The fourth-order valence-corrected chi connectivity index (χ4v) is 1.13. The molecule has 0 heterocycles. The first kappa shape index (κ1) is 9.17. The Kier molecular flexibility index (Phi) is 3.43. The topological polar surface area (TPSA) is 47.7 Å². The number of nitrogens with one attached hydrogen (secondary N) is 2. The van der Waals surface area contributed by atoms with Gasteiger partial charge in [0.15, 0.2) is 0 Å². The summed E-state index contributed by atoms with van der Waals surface area (Å²) in [6, 6.07) is 18.0. The molecule has 2 heteroatoms. The number of hydrogen-bond acceptors (Lipinski definition) is 2. The fourth-order valence-electron chi connectivity index (χ4n) is 1.13.